The van der Waals surface area contributed by atoms with Gasteiger partial charge in [0.2, 0.25) is 0 Å². The van der Waals surface area contributed by atoms with Gasteiger partial charge in [0.15, 0.2) is 5.78 Å². The van der Waals surface area contributed by atoms with Crippen LogP contribution in [-0.4, -0.2) is 47.3 Å². The van der Waals surface area contributed by atoms with Gasteiger partial charge in [0, 0.05) is 18.4 Å². The van der Waals surface area contributed by atoms with E-state index in [9.17, 15) is 24.6 Å². The van der Waals surface area contributed by atoms with Crippen molar-refractivity contribution in [3.05, 3.63) is 47.1 Å². The normalized spacial score (nSPS) is 23.5. The number of benzene rings is 1. The molecule has 1 heterocycles. The van der Waals surface area contributed by atoms with Gasteiger partial charge in [0.1, 0.15) is 17.4 Å². The Morgan fingerprint density at radius 3 is 2.59 bits per heavy atom. The van der Waals surface area contributed by atoms with Crippen LogP contribution in [0.3, 0.4) is 0 Å². The smallest absolute Gasteiger partial charge is 0.342 e. The lowest BCUT2D eigenvalue weighted by atomic mass is 9.98. The monoisotopic (exact) mass is 374 g/mol. The second-order valence-corrected chi connectivity index (χ2v) is 6.23. The number of cyclic esters (lactones) is 1. The molecule has 7 nitrogen and oxygen atoms in total. The number of carbonyl (C=O) groups is 3. The molecule has 0 aliphatic carbocycles. The summed E-state index contributed by atoms with van der Waals surface area (Å²) in [5.74, 6) is -2.06. The number of hydrogen-bond acceptors (Lipinski definition) is 7. The molecule has 0 fully saturated rings. The number of aliphatic hydroxyl groups is 1. The molecule has 0 radical (unpaired) electrons. The summed E-state index contributed by atoms with van der Waals surface area (Å²) in [5.41, 5.74) is 0.0430. The Morgan fingerprint density at radius 2 is 1.89 bits per heavy atom. The minimum atomic E-state index is -0.909. The molecule has 0 saturated heterocycles. The zero-order valence-electron chi connectivity index (χ0n) is 15.2. The van der Waals surface area contributed by atoms with Gasteiger partial charge >= 0.3 is 11.9 Å². The summed E-state index contributed by atoms with van der Waals surface area (Å²) in [6.45, 7) is 1.64. The number of methoxy groups -OCH3 is 1. The SMILES string of the molecule is COC(=O)c1ccc(O)c2c1/C=C/C[C@H](O)CC(=O)/C=C\C[C@H](C)OC2=O. The zero-order valence-corrected chi connectivity index (χ0v) is 15.2. The van der Waals surface area contributed by atoms with Gasteiger partial charge in [-0.1, -0.05) is 18.2 Å². The third-order valence-corrected chi connectivity index (χ3v) is 4.04. The van der Waals surface area contributed by atoms with Gasteiger partial charge in [0.25, 0.3) is 0 Å². The van der Waals surface area contributed by atoms with Gasteiger partial charge in [-0.25, -0.2) is 9.59 Å². The summed E-state index contributed by atoms with van der Waals surface area (Å²) in [6.07, 6.45) is 4.77. The van der Waals surface area contributed by atoms with Gasteiger partial charge < -0.3 is 19.7 Å². The Labute approximate surface area is 156 Å². The standard InChI is InChI=1S/C20H22O7/c1-12-5-3-6-13(21)11-14(22)7-4-8-15-16(19(24)26-2)9-10-17(23)18(15)20(25)27-12/h3-4,6,8-10,12,14,22-23H,5,7,11H2,1-2H3/b6-3-,8-4+/t12-,14-/m0/s1. The minimum absolute atomic E-state index is 0.0498. The first-order chi connectivity index (χ1) is 12.8. The molecule has 2 atom stereocenters. The Bertz CT molecular complexity index is 792. The largest absolute Gasteiger partial charge is 0.507 e. The first kappa shape index (κ1) is 20.4. The topological polar surface area (TPSA) is 110 Å². The highest BCUT2D eigenvalue weighted by atomic mass is 16.5. The molecule has 2 N–H and O–H groups in total. The van der Waals surface area contributed by atoms with Crippen LogP contribution in [0.1, 0.15) is 52.5 Å². The van der Waals surface area contributed by atoms with E-state index < -0.39 is 24.1 Å². The lowest BCUT2D eigenvalue weighted by Gasteiger charge is -2.16. The van der Waals surface area contributed by atoms with Crippen molar-refractivity contribution in [2.75, 3.05) is 7.11 Å². The highest BCUT2D eigenvalue weighted by Gasteiger charge is 2.24. The molecule has 0 bridgehead atoms. The maximum absolute atomic E-state index is 12.6. The molecule has 0 aromatic heterocycles. The number of carbonyl (C=O) groups excluding carboxylic acids is 3. The second-order valence-electron chi connectivity index (χ2n) is 6.23. The zero-order chi connectivity index (χ0) is 20.0. The van der Waals surface area contributed by atoms with Crippen LogP contribution < -0.4 is 0 Å². The fourth-order valence-corrected chi connectivity index (χ4v) is 2.69. The van der Waals surface area contributed by atoms with Crippen LogP contribution in [0, 0.1) is 0 Å². The van der Waals surface area contributed by atoms with E-state index in [0.717, 1.165) is 0 Å². The van der Waals surface area contributed by atoms with Crippen molar-refractivity contribution in [2.24, 2.45) is 0 Å². The van der Waals surface area contributed by atoms with E-state index in [1.54, 1.807) is 13.0 Å². The van der Waals surface area contributed by atoms with Crippen LogP contribution >= 0.6 is 0 Å². The molecule has 0 saturated carbocycles. The van der Waals surface area contributed by atoms with Crippen LogP contribution in [0.5, 0.6) is 5.75 Å². The number of fused-ring (bicyclic) bond motifs is 1. The predicted molar refractivity (Wildman–Crippen MR) is 97.4 cm³/mol. The fourth-order valence-electron chi connectivity index (χ4n) is 2.69. The lowest BCUT2D eigenvalue weighted by molar-refractivity contribution is -0.116. The van der Waals surface area contributed by atoms with Crippen molar-refractivity contribution < 1.29 is 34.1 Å². The molecule has 1 aromatic rings. The van der Waals surface area contributed by atoms with Crippen LogP contribution in [0.15, 0.2) is 30.4 Å². The van der Waals surface area contributed by atoms with Gasteiger partial charge in [-0.05, 0) is 31.6 Å². The average Bonchev–Trinajstić information content (AvgIpc) is 2.60. The molecule has 1 aliphatic rings. The van der Waals surface area contributed by atoms with E-state index in [0.29, 0.717) is 0 Å². The van der Waals surface area contributed by atoms with Crippen molar-refractivity contribution in [1.29, 1.82) is 0 Å². The van der Waals surface area contributed by atoms with Gasteiger partial charge in [-0.2, -0.15) is 0 Å². The van der Waals surface area contributed by atoms with Crippen LogP contribution in [0.4, 0.5) is 0 Å². The number of ketones is 1. The van der Waals surface area contributed by atoms with Crippen molar-refractivity contribution in [3.63, 3.8) is 0 Å². The third-order valence-electron chi connectivity index (χ3n) is 4.04. The number of phenols is 1. The molecular weight excluding hydrogens is 352 g/mol. The summed E-state index contributed by atoms with van der Waals surface area (Å²) in [7, 11) is 1.20. The second kappa shape index (κ2) is 9.14. The van der Waals surface area contributed by atoms with E-state index in [2.05, 4.69) is 0 Å². The molecule has 1 aromatic carbocycles. The summed E-state index contributed by atoms with van der Waals surface area (Å²) in [5, 5.41) is 20.2. The quantitative estimate of drug-likeness (QED) is 0.726. The van der Waals surface area contributed by atoms with Crippen LogP contribution in [0.2, 0.25) is 0 Å². The molecule has 1 aliphatic heterocycles. The fraction of sp³-hybridized carbons (Fsp3) is 0.350. The number of esters is 2. The average molecular weight is 374 g/mol. The first-order valence-corrected chi connectivity index (χ1v) is 8.52. The number of allylic oxidation sites excluding steroid dienone is 1. The number of hydrogen-bond donors (Lipinski definition) is 2. The molecule has 144 valence electrons. The molecule has 0 unspecified atom stereocenters. The van der Waals surface area contributed by atoms with E-state index in [1.807, 2.05) is 0 Å². The minimum Gasteiger partial charge on any atom is -0.507 e. The molecule has 27 heavy (non-hydrogen) atoms. The van der Waals surface area contributed by atoms with Crippen molar-refractivity contribution >= 4 is 23.8 Å². The van der Waals surface area contributed by atoms with Crippen molar-refractivity contribution in [3.8, 4) is 5.75 Å². The van der Waals surface area contributed by atoms with E-state index in [-0.39, 0.29) is 47.5 Å². The van der Waals surface area contributed by atoms with Crippen molar-refractivity contribution in [1.82, 2.24) is 0 Å². The molecule has 0 spiro atoms. The third kappa shape index (κ3) is 5.27. The molecular formula is C20H22O7. The maximum Gasteiger partial charge on any atom is 0.342 e. The predicted octanol–water partition coefficient (Wildman–Crippen LogP) is 2.41. The summed E-state index contributed by atoms with van der Waals surface area (Å²) < 4.78 is 10.1. The highest BCUT2D eigenvalue weighted by Crippen LogP contribution is 2.28. The Kier molecular flexibility index (Phi) is 6.90. The number of aliphatic hydroxyl groups excluding tert-OH is 1. The Balaban J connectivity index is 2.54. The summed E-state index contributed by atoms with van der Waals surface area (Å²) in [6, 6.07) is 2.56. The summed E-state index contributed by atoms with van der Waals surface area (Å²) in [4.78, 5) is 36.4. The van der Waals surface area contributed by atoms with E-state index in [4.69, 9.17) is 9.47 Å². The molecule has 2 rings (SSSR count). The van der Waals surface area contributed by atoms with Gasteiger partial charge in [-0.3, -0.25) is 4.79 Å². The van der Waals surface area contributed by atoms with Crippen LogP contribution in [0.25, 0.3) is 6.08 Å². The number of phenolic OH excluding ortho intramolecular Hbond substituents is 1. The van der Waals surface area contributed by atoms with Gasteiger partial charge in [0.05, 0.1) is 18.8 Å². The maximum atomic E-state index is 12.6. The lowest BCUT2D eigenvalue weighted by Crippen LogP contribution is -2.18. The Morgan fingerprint density at radius 1 is 1.19 bits per heavy atom. The summed E-state index contributed by atoms with van der Waals surface area (Å²) >= 11 is 0. The van der Waals surface area contributed by atoms with Crippen molar-refractivity contribution in [2.45, 2.75) is 38.4 Å². The van der Waals surface area contributed by atoms with E-state index >= 15 is 0 Å². The molecule has 7 heteroatoms. The number of rotatable bonds is 1. The molecule has 0 amide bonds. The van der Waals surface area contributed by atoms with Gasteiger partial charge in [-0.15, -0.1) is 0 Å². The number of ether oxygens (including phenoxy) is 2. The highest BCUT2D eigenvalue weighted by molar-refractivity contribution is 6.03. The van der Waals surface area contributed by atoms with E-state index in [1.165, 1.54) is 37.5 Å². The number of aromatic hydroxyl groups is 1. The first-order valence-electron chi connectivity index (χ1n) is 8.52. The Hall–Kier alpha value is -2.93. The van der Waals surface area contributed by atoms with Crippen LogP contribution in [-0.2, 0) is 14.3 Å².